The number of nitrogens with one attached hydrogen (secondary N) is 1. The van der Waals surface area contributed by atoms with Crippen LogP contribution in [0.1, 0.15) is 39.7 Å². The number of halogens is 1. The Kier molecular flexibility index (Phi) is 5.69. The number of fused-ring (bicyclic) bond motifs is 1. The van der Waals surface area contributed by atoms with Crippen LogP contribution >= 0.6 is 12.4 Å². The molecule has 1 saturated heterocycles. The van der Waals surface area contributed by atoms with Crippen LogP contribution in [0.4, 0.5) is 0 Å². The minimum absolute atomic E-state index is 0. The van der Waals surface area contributed by atoms with E-state index >= 15 is 0 Å². The van der Waals surface area contributed by atoms with Crippen molar-refractivity contribution in [3.8, 4) is 11.5 Å². The summed E-state index contributed by atoms with van der Waals surface area (Å²) in [6.07, 6.45) is 1.78. The summed E-state index contributed by atoms with van der Waals surface area (Å²) in [6, 6.07) is 18.0. The van der Waals surface area contributed by atoms with Crippen LogP contribution in [-0.2, 0) is 13.0 Å². The van der Waals surface area contributed by atoms with Gasteiger partial charge in [-0.2, -0.15) is 0 Å². The first-order valence-electron chi connectivity index (χ1n) is 9.92. The molecule has 2 aromatic carbocycles. The number of carbonyl (C=O) groups is 1. The lowest BCUT2D eigenvalue weighted by Crippen LogP contribution is -2.36. The van der Waals surface area contributed by atoms with E-state index in [0.717, 1.165) is 47.7 Å². The SMILES string of the molecule is Cl.O=C(c1ccccc1C1CCNC1)N1CCc2oc(-c3ccccc3)nc2C1. The van der Waals surface area contributed by atoms with Gasteiger partial charge in [-0.15, -0.1) is 12.4 Å². The summed E-state index contributed by atoms with van der Waals surface area (Å²) in [5.74, 6) is 2.04. The molecule has 0 radical (unpaired) electrons. The summed E-state index contributed by atoms with van der Waals surface area (Å²) in [6.45, 7) is 3.12. The van der Waals surface area contributed by atoms with Crippen LogP contribution in [0.5, 0.6) is 0 Å². The highest BCUT2D eigenvalue weighted by Crippen LogP contribution is 2.29. The molecule has 3 aromatic rings. The smallest absolute Gasteiger partial charge is 0.254 e. The number of nitrogens with zero attached hydrogens (tertiary/aromatic N) is 2. The molecule has 5 nitrogen and oxygen atoms in total. The van der Waals surface area contributed by atoms with Gasteiger partial charge >= 0.3 is 0 Å². The molecule has 29 heavy (non-hydrogen) atoms. The quantitative estimate of drug-likeness (QED) is 0.709. The molecule has 1 fully saturated rings. The van der Waals surface area contributed by atoms with Gasteiger partial charge in [-0.1, -0.05) is 36.4 Å². The fraction of sp³-hybridized carbons (Fsp3) is 0.304. The summed E-state index contributed by atoms with van der Waals surface area (Å²) in [5.41, 5.74) is 3.83. The zero-order valence-electron chi connectivity index (χ0n) is 16.1. The number of aromatic nitrogens is 1. The fourth-order valence-corrected chi connectivity index (χ4v) is 4.21. The van der Waals surface area contributed by atoms with Crippen molar-refractivity contribution in [1.29, 1.82) is 0 Å². The molecule has 0 spiro atoms. The topological polar surface area (TPSA) is 58.4 Å². The second-order valence-electron chi connectivity index (χ2n) is 7.51. The number of amides is 1. The Balaban J connectivity index is 0.00000205. The van der Waals surface area contributed by atoms with E-state index in [1.54, 1.807) is 0 Å². The van der Waals surface area contributed by atoms with E-state index in [1.807, 2.05) is 53.4 Å². The molecular weight excluding hydrogens is 386 g/mol. The van der Waals surface area contributed by atoms with E-state index < -0.39 is 0 Å². The molecule has 2 aliphatic heterocycles. The van der Waals surface area contributed by atoms with Crippen molar-refractivity contribution < 1.29 is 9.21 Å². The first kappa shape index (κ1) is 19.7. The Labute approximate surface area is 176 Å². The minimum Gasteiger partial charge on any atom is -0.441 e. The van der Waals surface area contributed by atoms with Crippen molar-refractivity contribution in [3.05, 3.63) is 77.2 Å². The lowest BCUT2D eigenvalue weighted by molar-refractivity contribution is 0.0726. The summed E-state index contributed by atoms with van der Waals surface area (Å²) in [4.78, 5) is 19.9. The van der Waals surface area contributed by atoms with Crippen molar-refractivity contribution in [3.63, 3.8) is 0 Å². The number of rotatable bonds is 3. The van der Waals surface area contributed by atoms with Crippen LogP contribution in [-0.4, -0.2) is 35.4 Å². The minimum atomic E-state index is 0. The molecule has 3 heterocycles. The Morgan fingerprint density at radius 1 is 1.10 bits per heavy atom. The summed E-state index contributed by atoms with van der Waals surface area (Å²) in [7, 11) is 0. The second-order valence-corrected chi connectivity index (χ2v) is 7.51. The maximum Gasteiger partial charge on any atom is 0.254 e. The monoisotopic (exact) mass is 409 g/mol. The molecule has 1 unspecified atom stereocenters. The van der Waals surface area contributed by atoms with Crippen molar-refractivity contribution in [2.45, 2.75) is 25.3 Å². The van der Waals surface area contributed by atoms with Crippen LogP contribution in [0.15, 0.2) is 59.0 Å². The summed E-state index contributed by atoms with van der Waals surface area (Å²) >= 11 is 0. The average molecular weight is 410 g/mol. The fourth-order valence-electron chi connectivity index (χ4n) is 4.21. The normalized spacial score (nSPS) is 18.2. The summed E-state index contributed by atoms with van der Waals surface area (Å²) in [5, 5.41) is 3.40. The van der Waals surface area contributed by atoms with Gasteiger partial charge in [0.1, 0.15) is 11.5 Å². The van der Waals surface area contributed by atoms with Crippen molar-refractivity contribution in [1.82, 2.24) is 15.2 Å². The molecule has 2 aliphatic rings. The molecule has 0 saturated carbocycles. The highest BCUT2D eigenvalue weighted by Gasteiger charge is 2.29. The maximum atomic E-state index is 13.3. The number of carbonyl (C=O) groups excluding carboxylic acids is 1. The highest BCUT2D eigenvalue weighted by atomic mass is 35.5. The second kappa shape index (κ2) is 8.39. The summed E-state index contributed by atoms with van der Waals surface area (Å²) < 4.78 is 5.97. The molecule has 1 N–H and O–H groups in total. The van der Waals surface area contributed by atoms with Gasteiger partial charge in [0.05, 0.1) is 6.54 Å². The van der Waals surface area contributed by atoms with Crippen LogP contribution < -0.4 is 5.32 Å². The van der Waals surface area contributed by atoms with E-state index in [1.165, 1.54) is 0 Å². The Morgan fingerprint density at radius 2 is 1.90 bits per heavy atom. The van der Waals surface area contributed by atoms with E-state index in [0.29, 0.717) is 31.3 Å². The number of benzene rings is 2. The highest BCUT2D eigenvalue weighted by molar-refractivity contribution is 5.96. The number of oxazole rings is 1. The van der Waals surface area contributed by atoms with Gasteiger partial charge in [-0.05, 0) is 42.6 Å². The van der Waals surface area contributed by atoms with Crippen LogP contribution in [0.25, 0.3) is 11.5 Å². The number of hydrogen-bond acceptors (Lipinski definition) is 4. The molecule has 1 amide bonds. The molecule has 0 bridgehead atoms. The van der Waals surface area contributed by atoms with Gasteiger partial charge in [-0.3, -0.25) is 4.79 Å². The predicted octanol–water partition coefficient (Wildman–Crippen LogP) is 4.04. The zero-order chi connectivity index (χ0) is 18.9. The third-order valence-corrected chi connectivity index (χ3v) is 5.73. The largest absolute Gasteiger partial charge is 0.441 e. The van der Waals surface area contributed by atoms with Gasteiger partial charge < -0.3 is 14.6 Å². The van der Waals surface area contributed by atoms with Crippen molar-refractivity contribution >= 4 is 18.3 Å². The molecule has 0 aliphatic carbocycles. The molecule has 6 heteroatoms. The Hall–Kier alpha value is -2.63. The first-order chi connectivity index (χ1) is 13.8. The molecule has 1 aromatic heterocycles. The van der Waals surface area contributed by atoms with E-state index in [2.05, 4.69) is 16.4 Å². The maximum absolute atomic E-state index is 13.3. The van der Waals surface area contributed by atoms with Crippen LogP contribution in [0.3, 0.4) is 0 Å². The average Bonchev–Trinajstić information content (AvgIpc) is 3.43. The van der Waals surface area contributed by atoms with E-state index in [9.17, 15) is 4.79 Å². The molecule has 1 atom stereocenters. The van der Waals surface area contributed by atoms with E-state index in [-0.39, 0.29) is 18.3 Å². The molecule has 5 rings (SSSR count). The van der Waals surface area contributed by atoms with Gasteiger partial charge in [0.15, 0.2) is 0 Å². The molecular formula is C23H24ClN3O2. The third kappa shape index (κ3) is 3.80. The van der Waals surface area contributed by atoms with Gasteiger partial charge in [0, 0.05) is 30.6 Å². The van der Waals surface area contributed by atoms with Gasteiger partial charge in [0.2, 0.25) is 5.89 Å². The van der Waals surface area contributed by atoms with Gasteiger partial charge in [-0.25, -0.2) is 4.98 Å². The van der Waals surface area contributed by atoms with Crippen molar-refractivity contribution in [2.24, 2.45) is 0 Å². The van der Waals surface area contributed by atoms with Crippen molar-refractivity contribution in [2.75, 3.05) is 19.6 Å². The Bertz CT molecular complexity index is 996. The predicted molar refractivity (Wildman–Crippen MR) is 114 cm³/mol. The first-order valence-corrected chi connectivity index (χ1v) is 9.92. The van der Waals surface area contributed by atoms with E-state index in [4.69, 9.17) is 4.42 Å². The standard InChI is InChI=1S/C23H23N3O2.ClH/c27-23(19-9-5-4-8-18(19)17-10-12-24-14-17)26-13-11-21-20(15-26)25-22(28-21)16-6-2-1-3-7-16;/h1-9,17,24H,10-15H2;1H. The Morgan fingerprint density at radius 3 is 2.69 bits per heavy atom. The lowest BCUT2D eigenvalue weighted by atomic mass is 9.92. The third-order valence-electron chi connectivity index (χ3n) is 5.73. The number of hydrogen-bond donors (Lipinski definition) is 1. The van der Waals surface area contributed by atoms with Crippen LogP contribution in [0.2, 0.25) is 0 Å². The zero-order valence-corrected chi connectivity index (χ0v) is 17.0. The van der Waals surface area contributed by atoms with Gasteiger partial charge in [0.25, 0.3) is 5.91 Å². The molecule has 150 valence electrons. The van der Waals surface area contributed by atoms with Crippen LogP contribution in [0, 0.1) is 0 Å². The lowest BCUT2D eigenvalue weighted by Gasteiger charge is -2.27.